The number of carbonyl (C=O) groups excluding carboxylic acids is 1. The summed E-state index contributed by atoms with van der Waals surface area (Å²) in [4.78, 5) is 13.0. The Balaban J connectivity index is 1.98. The van der Waals surface area contributed by atoms with E-state index in [1.54, 1.807) is 42.5 Å². The molecule has 0 saturated carbocycles. The third-order valence-electron chi connectivity index (χ3n) is 4.97. The minimum Gasteiger partial charge on any atom is -0.384 e. The van der Waals surface area contributed by atoms with Gasteiger partial charge in [0.05, 0.1) is 5.69 Å². The van der Waals surface area contributed by atoms with Crippen molar-refractivity contribution in [2.75, 3.05) is 10.6 Å². The fraction of sp³-hybridized carbons (Fsp3) is 0.120. The standard InChI is InChI=1S/C25H22F4N4O2/c26-19-11-5-10-18(23(34)16-7-2-1-3-8-16)22(19)33-24(35)20(13-21(31)25(27,28)29)32-17-9-4-6-15(12-17)14-30/h1-13,23,31-32,34H,14,30H2,(H,33,35)/b20-13-,31-21?. The molecule has 0 aliphatic heterocycles. The Morgan fingerprint density at radius 1 is 1.03 bits per heavy atom. The quantitative estimate of drug-likeness (QED) is 0.177. The third kappa shape index (κ3) is 6.52. The first-order valence-electron chi connectivity index (χ1n) is 10.4. The second-order valence-electron chi connectivity index (χ2n) is 7.47. The van der Waals surface area contributed by atoms with Crippen LogP contribution in [-0.2, 0) is 11.3 Å². The number of aliphatic hydroxyl groups is 1. The van der Waals surface area contributed by atoms with Crippen molar-refractivity contribution in [3.05, 3.63) is 107 Å². The highest BCUT2D eigenvalue weighted by Crippen LogP contribution is 2.31. The van der Waals surface area contributed by atoms with E-state index in [-0.39, 0.29) is 17.8 Å². The lowest BCUT2D eigenvalue weighted by Gasteiger charge is -2.19. The first-order chi connectivity index (χ1) is 16.6. The average Bonchev–Trinajstić information content (AvgIpc) is 2.84. The number of hydrogen-bond donors (Lipinski definition) is 5. The predicted octanol–water partition coefficient (Wildman–Crippen LogP) is 4.88. The smallest absolute Gasteiger partial charge is 0.384 e. The number of nitrogens with two attached hydrogens (primary N) is 1. The zero-order chi connectivity index (χ0) is 25.6. The summed E-state index contributed by atoms with van der Waals surface area (Å²) >= 11 is 0. The molecule has 0 saturated heterocycles. The highest BCUT2D eigenvalue weighted by Gasteiger charge is 2.34. The summed E-state index contributed by atoms with van der Waals surface area (Å²) in [6.45, 7) is 0.148. The lowest BCUT2D eigenvalue weighted by atomic mass is 9.99. The molecule has 6 N–H and O–H groups in total. The van der Waals surface area contributed by atoms with Crippen molar-refractivity contribution in [3.8, 4) is 0 Å². The van der Waals surface area contributed by atoms with Gasteiger partial charge in [0.25, 0.3) is 5.91 Å². The van der Waals surface area contributed by atoms with Gasteiger partial charge < -0.3 is 21.5 Å². The minimum atomic E-state index is -5.01. The number of alkyl halides is 3. The van der Waals surface area contributed by atoms with Crippen LogP contribution in [0.4, 0.5) is 28.9 Å². The highest BCUT2D eigenvalue weighted by molar-refractivity contribution is 6.11. The number of carbonyl (C=O) groups is 1. The summed E-state index contributed by atoms with van der Waals surface area (Å²) in [6.07, 6.45) is -6.03. The highest BCUT2D eigenvalue weighted by atomic mass is 19.4. The van der Waals surface area contributed by atoms with Gasteiger partial charge in [0.2, 0.25) is 0 Å². The predicted molar refractivity (Wildman–Crippen MR) is 125 cm³/mol. The summed E-state index contributed by atoms with van der Waals surface area (Å²) in [6, 6.07) is 18.3. The van der Waals surface area contributed by atoms with Crippen LogP contribution in [-0.4, -0.2) is 22.9 Å². The van der Waals surface area contributed by atoms with Crippen molar-refractivity contribution in [1.29, 1.82) is 5.41 Å². The van der Waals surface area contributed by atoms with Crippen molar-refractivity contribution >= 4 is 23.0 Å². The number of nitrogens with one attached hydrogen (secondary N) is 3. The number of hydrogen-bond acceptors (Lipinski definition) is 5. The van der Waals surface area contributed by atoms with E-state index >= 15 is 0 Å². The number of allylic oxidation sites excluding steroid dienone is 1. The molecule has 6 nitrogen and oxygen atoms in total. The molecule has 0 fully saturated rings. The molecule has 0 bridgehead atoms. The van der Waals surface area contributed by atoms with Crippen molar-refractivity contribution < 1.29 is 27.5 Å². The summed E-state index contributed by atoms with van der Waals surface area (Å²) in [5, 5.41) is 22.8. The molecule has 10 heteroatoms. The number of halogens is 4. The molecular weight excluding hydrogens is 464 g/mol. The molecule has 3 aromatic carbocycles. The number of benzene rings is 3. The monoisotopic (exact) mass is 486 g/mol. The number of anilines is 2. The van der Waals surface area contributed by atoms with Crippen LogP contribution in [0.25, 0.3) is 0 Å². The zero-order valence-corrected chi connectivity index (χ0v) is 18.2. The summed E-state index contributed by atoms with van der Waals surface area (Å²) < 4.78 is 53.8. The van der Waals surface area contributed by atoms with Crippen LogP contribution in [0.3, 0.4) is 0 Å². The third-order valence-corrected chi connectivity index (χ3v) is 4.97. The van der Waals surface area contributed by atoms with Gasteiger partial charge in [-0.05, 0) is 35.4 Å². The van der Waals surface area contributed by atoms with Crippen LogP contribution < -0.4 is 16.4 Å². The van der Waals surface area contributed by atoms with Gasteiger partial charge in [0.15, 0.2) is 0 Å². The van der Waals surface area contributed by atoms with E-state index in [1.165, 1.54) is 24.3 Å². The lowest BCUT2D eigenvalue weighted by Crippen LogP contribution is -2.26. The number of para-hydroxylation sites is 1. The molecule has 1 atom stereocenters. The van der Waals surface area contributed by atoms with Crippen LogP contribution in [0.15, 0.2) is 84.6 Å². The Labute approximate surface area is 198 Å². The number of aliphatic hydroxyl groups excluding tert-OH is 1. The molecule has 0 spiro atoms. The van der Waals surface area contributed by atoms with Gasteiger partial charge in [0.1, 0.15) is 23.3 Å². The Hall–Kier alpha value is -4.02. The molecule has 35 heavy (non-hydrogen) atoms. The fourth-order valence-electron chi connectivity index (χ4n) is 3.21. The van der Waals surface area contributed by atoms with Gasteiger partial charge in [-0.3, -0.25) is 10.2 Å². The van der Waals surface area contributed by atoms with Gasteiger partial charge in [-0.2, -0.15) is 13.2 Å². The lowest BCUT2D eigenvalue weighted by molar-refractivity contribution is -0.112. The maximum absolute atomic E-state index is 14.7. The van der Waals surface area contributed by atoms with Gasteiger partial charge in [0, 0.05) is 17.8 Å². The summed E-state index contributed by atoms with van der Waals surface area (Å²) in [7, 11) is 0. The molecule has 0 radical (unpaired) electrons. The second-order valence-corrected chi connectivity index (χ2v) is 7.47. The number of amides is 1. The molecule has 0 heterocycles. The van der Waals surface area contributed by atoms with Crippen LogP contribution >= 0.6 is 0 Å². The maximum Gasteiger partial charge on any atom is 0.432 e. The fourth-order valence-corrected chi connectivity index (χ4v) is 3.21. The normalized spacial score (nSPS) is 12.7. The first kappa shape index (κ1) is 25.6. The molecule has 0 aliphatic carbocycles. The first-order valence-corrected chi connectivity index (χ1v) is 10.4. The molecule has 182 valence electrons. The van der Waals surface area contributed by atoms with E-state index in [1.807, 2.05) is 0 Å². The van der Waals surface area contributed by atoms with E-state index in [9.17, 15) is 27.5 Å². The molecule has 0 aromatic heterocycles. The molecule has 1 unspecified atom stereocenters. The Morgan fingerprint density at radius 2 is 1.71 bits per heavy atom. The van der Waals surface area contributed by atoms with Crippen molar-refractivity contribution in [2.45, 2.75) is 18.8 Å². The maximum atomic E-state index is 14.7. The molecular formula is C25H22F4N4O2. The summed E-state index contributed by atoms with van der Waals surface area (Å²) in [5.41, 5.74) is 4.03. The van der Waals surface area contributed by atoms with E-state index in [0.29, 0.717) is 17.2 Å². The van der Waals surface area contributed by atoms with Crippen LogP contribution in [0.5, 0.6) is 0 Å². The van der Waals surface area contributed by atoms with E-state index in [4.69, 9.17) is 11.1 Å². The Morgan fingerprint density at radius 3 is 2.37 bits per heavy atom. The Kier molecular flexibility index (Phi) is 8.00. The van der Waals surface area contributed by atoms with Gasteiger partial charge in [-0.15, -0.1) is 0 Å². The van der Waals surface area contributed by atoms with Crippen molar-refractivity contribution in [2.24, 2.45) is 5.73 Å². The van der Waals surface area contributed by atoms with Crippen molar-refractivity contribution in [1.82, 2.24) is 0 Å². The largest absolute Gasteiger partial charge is 0.432 e. The van der Waals surface area contributed by atoms with Gasteiger partial charge in [-0.25, -0.2) is 4.39 Å². The Bertz CT molecular complexity index is 1240. The zero-order valence-electron chi connectivity index (χ0n) is 18.2. The van der Waals surface area contributed by atoms with Crippen LogP contribution in [0.1, 0.15) is 22.8 Å². The minimum absolute atomic E-state index is 0.0000676. The van der Waals surface area contributed by atoms with Gasteiger partial charge in [-0.1, -0.05) is 54.6 Å². The van der Waals surface area contributed by atoms with E-state index in [2.05, 4.69) is 10.6 Å². The van der Waals surface area contributed by atoms with E-state index in [0.717, 1.165) is 6.07 Å². The molecule has 1 amide bonds. The molecule has 3 aromatic rings. The number of rotatable bonds is 8. The van der Waals surface area contributed by atoms with Crippen molar-refractivity contribution in [3.63, 3.8) is 0 Å². The van der Waals surface area contributed by atoms with Crippen LogP contribution in [0.2, 0.25) is 0 Å². The second kappa shape index (κ2) is 10.9. The SMILES string of the molecule is N=C(/C=C(\Nc1cccc(CN)c1)C(=O)Nc1c(F)cccc1C(O)c1ccccc1)C(F)(F)F. The van der Waals surface area contributed by atoms with Crippen LogP contribution in [0, 0.1) is 11.2 Å². The molecule has 3 rings (SSSR count). The molecule has 0 aliphatic rings. The summed E-state index contributed by atoms with van der Waals surface area (Å²) in [5.74, 6) is -2.05. The van der Waals surface area contributed by atoms with E-state index < -0.39 is 41.1 Å². The topological polar surface area (TPSA) is 111 Å². The van der Waals surface area contributed by atoms with Gasteiger partial charge >= 0.3 is 6.18 Å². The average molecular weight is 486 g/mol.